The Morgan fingerprint density at radius 2 is 1.82 bits per heavy atom. The molecule has 0 bridgehead atoms. The number of likely N-dealkylation sites (tertiary alicyclic amines) is 1. The summed E-state index contributed by atoms with van der Waals surface area (Å²) in [4.78, 5) is 19.8. The van der Waals surface area contributed by atoms with Gasteiger partial charge in [-0.3, -0.25) is 9.69 Å². The van der Waals surface area contributed by atoms with Gasteiger partial charge < -0.3 is 24.7 Å². The number of ether oxygens (including phenoxy) is 1. The van der Waals surface area contributed by atoms with Gasteiger partial charge in [-0.15, -0.1) is 0 Å². The van der Waals surface area contributed by atoms with Crippen LogP contribution in [0.15, 0.2) is 53.1 Å². The molecular formula is C30H39FN4O3. The number of furan rings is 1. The molecule has 7 nitrogen and oxygen atoms in total. The van der Waals surface area contributed by atoms with Crippen LogP contribution in [0.3, 0.4) is 0 Å². The van der Waals surface area contributed by atoms with Gasteiger partial charge in [0.2, 0.25) is 5.91 Å². The van der Waals surface area contributed by atoms with E-state index < -0.39 is 6.04 Å². The lowest BCUT2D eigenvalue weighted by Gasteiger charge is -2.39. The molecule has 0 aliphatic carbocycles. The Morgan fingerprint density at radius 3 is 2.58 bits per heavy atom. The Labute approximate surface area is 224 Å². The van der Waals surface area contributed by atoms with Gasteiger partial charge in [-0.25, -0.2) is 4.39 Å². The molecule has 0 unspecified atom stereocenters. The van der Waals surface area contributed by atoms with Crippen molar-refractivity contribution < 1.29 is 18.3 Å². The molecule has 0 spiro atoms. The summed E-state index contributed by atoms with van der Waals surface area (Å²) in [5, 5.41) is 1.19. The number of nitrogens with two attached hydrogens (primary N) is 1. The lowest BCUT2D eigenvalue weighted by molar-refractivity contribution is -0.136. The molecule has 38 heavy (non-hydrogen) atoms. The Bertz CT molecular complexity index is 1220. The number of para-hydroxylation sites is 1. The number of halogens is 1. The molecule has 3 heterocycles. The van der Waals surface area contributed by atoms with Crippen molar-refractivity contribution in [2.24, 2.45) is 11.7 Å². The number of piperazine rings is 1. The normalized spacial score (nSPS) is 18.7. The maximum absolute atomic E-state index is 14.5. The average Bonchev–Trinajstić information content (AvgIpc) is 3.37. The predicted octanol–water partition coefficient (Wildman–Crippen LogP) is 3.90. The summed E-state index contributed by atoms with van der Waals surface area (Å²) in [5.41, 5.74) is 9.28. The van der Waals surface area contributed by atoms with Crippen molar-refractivity contribution in [2.75, 3.05) is 52.4 Å². The van der Waals surface area contributed by atoms with Gasteiger partial charge in [0.15, 0.2) is 0 Å². The van der Waals surface area contributed by atoms with Crippen LogP contribution in [-0.2, 0) is 17.8 Å². The molecule has 2 aliphatic rings. The highest BCUT2D eigenvalue weighted by Gasteiger charge is 2.33. The first-order chi connectivity index (χ1) is 18.5. The topological polar surface area (TPSA) is 75.2 Å². The molecule has 2 saturated heterocycles. The number of hydrogen-bond acceptors (Lipinski definition) is 6. The summed E-state index contributed by atoms with van der Waals surface area (Å²) in [5.74, 6) is 0.603. The average molecular weight is 523 g/mol. The monoisotopic (exact) mass is 522 g/mol. The maximum atomic E-state index is 14.5. The van der Waals surface area contributed by atoms with Gasteiger partial charge in [-0.1, -0.05) is 24.3 Å². The van der Waals surface area contributed by atoms with E-state index in [1.807, 2.05) is 42.4 Å². The maximum Gasteiger partial charge on any atom is 0.239 e. The lowest BCUT2D eigenvalue weighted by Crippen LogP contribution is -2.55. The minimum atomic E-state index is -0.461. The minimum absolute atomic E-state index is 0.0499. The van der Waals surface area contributed by atoms with Crippen LogP contribution >= 0.6 is 0 Å². The smallest absolute Gasteiger partial charge is 0.239 e. The first kappa shape index (κ1) is 26.7. The molecule has 0 saturated carbocycles. The van der Waals surface area contributed by atoms with Gasteiger partial charge in [-0.2, -0.15) is 0 Å². The summed E-state index contributed by atoms with van der Waals surface area (Å²) < 4.78 is 25.8. The van der Waals surface area contributed by atoms with Crippen LogP contribution in [0.25, 0.3) is 11.0 Å². The number of rotatable bonds is 9. The fraction of sp³-hybridized carbons (Fsp3) is 0.500. The van der Waals surface area contributed by atoms with E-state index in [1.54, 1.807) is 6.07 Å². The SMILES string of the molecule is CCOc1cccc(F)c1CN1CCN(C(=O)[C@H](N)C2CCN(CCc3coc4ccccc34)CC2)CC1. The second kappa shape index (κ2) is 12.3. The molecular weight excluding hydrogens is 483 g/mol. The van der Waals surface area contributed by atoms with Gasteiger partial charge in [0, 0.05) is 50.2 Å². The van der Waals surface area contributed by atoms with Crippen molar-refractivity contribution in [3.05, 3.63) is 65.7 Å². The third-order valence-electron chi connectivity index (χ3n) is 8.13. The van der Waals surface area contributed by atoms with Crippen LogP contribution in [0, 0.1) is 11.7 Å². The molecule has 1 amide bonds. The Morgan fingerprint density at radius 1 is 1.05 bits per heavy atom. The van der Waals surface area contributed by atoms with Crippen molar-refractivity contribution in [1.29, 1.82) is 0 Å². The molecule has 0 radical (unpaired) electrons. The minimum Gasteiger partial charge on any atom is -0.493 e. The second-order valence-corrected chi connectivity index (χ2v) is 10.5. The second-order valence-electron chi connectivity index (χ2n) is 10.5. The summed E-state index contributed by atoms with van der Waals surface area (Å²) in [7, 11) is 0. The summed E-state index contributed by atoms with van der Waals surface area (Å²) in [6, 6.07) is 12.7. The van der Waals surface area contributed by atoms with Crippen LogP contribution in [-0.4, -0.2) is 79.1 Å². The van der Waals surface area contributed by atoms with E-state index in [2.05, 4.69) is 15.9 Å². The fourth-order valence-electron chi connectivity index (χ4n) is 5.79. The number of piperidine rings is 1. The third kappa shape index (κ3) is 6.03. The Hall–Kier alpha value is -2.94. The van der Waals surface area contributed by atoms with Gasteiger partial charge in [0.1, 0.15) is 17.1 Å². The van der Waals surface area contributed by atoms with Gasteiger partial charge >= 0.3 is 0 Å². The molecule has 1 atom stereocenters. The van der Waals surface area contributed by atoms with Gasteiger partial charge in [0.25, 0.3) is 0 Å². The van der Waals surface area contributed by atoms with Crippen LogP contribution in [0.4, 0.5) is 4.39 Å². The van der Waals surface area contributed by atoms with E-state index in [4.69, 9.17) is 14.9 Å². The van der Waals surface area contributed by atoms with Gasteiger partial charge in [-0.05, 0) is 69.0 Å². The van der Waals surface area contributed by atoms with E-state index in [0.29, 0.717) is 50.6 Å². The van der Waals surface area contributed by atoms with Crippen molar-refractivity contribution in [3.63, 3.8) is 0 Å². The zero-order chi connectivity index (χ0) is 26.5. The molecule has 2 aliphatic heterocycles. The third-order valence-corrected chi connectivity index (χ3v) is 8.13. The molecule has 1 aromatic heterocycles. The molecule has 8 heteroatoms. The highest BCUT2D eigenvalue weighted by Crippen LogP contribution is 2.26. The molecule has 204 valence electrons. The summed E-state index contributed by atoms with van der Waals surface area (Å²) >= 11 is 0. The number of benzene rings is 2. The van der Waals surface area contributed by atoms with Crippen molar-refractivity contribution in [3.8, 4) is 5.75 Å². The number of amides is 1. The van der Waals surface area contributed by atoms with E-state index >= 15 is 0 Å². The molecule has 3 aromatic rings. The van der Waals surface area contributed by atoms with Crippen molar-refractivity contribution in [1.82, 2.24) is 14.7 Å². The van der Waals surface area contributed by atoms with E-state index in [-0.39, 0.29) is 17.6 Å². The lowest BCUT2D eigenvalue weighted by atomic mass is 9.88. The van der Waals surface area contributed by atoms with Gasteiger partial charge in [0.05, 0.1) is 18.9 Å². The molecule has 2 aromatic carbocycles. The van der Waals surface area contributed by atoms with Crippen LogP contribution < -0.4 is 10.5 Å². The highest BCUT2D eigenvalue weighted by atomic mass is 19.1. The largest absolute Gasteiger partial charge is 0.493 e. The van der Waals surface area contributed by atoms with E-state index in [0.717, 1.165) is 44.5 Å². The number of carbonyl (C=O) groups excluding carboxylic acids is 1. The summed E-state index contributed by atoms with van der Waals surface area (Å²) in [6.07, 6.45) is 4.70. The van der Waals surface area contributed by atoms with Crippen molar-refractivity contribution >= 4 is 16.9 Å². The number of nitrogens with zero attached hydrogens (tertiary/aromatic N) is 3. The van der Waals surface area contributed by atoms with E-state index in [1.165, 1.54) is 17.0 Å². The zero-order valence-corrected chi connectivity index (χ0v) is 22.3. The number of hydrogen-bond donors (Lipinski definition) is 1. The number of fused-ring (bicyclic) bond motifs is 1. The quantitative estimate of drug-likeness (QED) is 0.460. The molecule has 5 rings (SSSR count). The van der Waals surface area contributed by atoms with Crippen molar-refractivity contribution in [2.45, 2.75) is 38.8 Å². The van der Waals surface area contributed by atoms with Crippen LogP contribution in [0.1, 0.15) is 30.9 Å². The molecule has 2 N–H and O–H groups in total. The van der Waals surface area contributed by atoms with Crippen LogP contribution in [0.2, 0.25) is 0 Å². The fourth-order valence-corrected chi connectivity index (χ4v) is 5.79. The predicted molar refractivity (Wildman–Crippen MR) is 146 cm³/mol. The number of carbonyl (C=O) groups is 1. The first-order valence-corrected chi connectivity index (χ1v) is 13.9. The summed E-state index contributed by atoms with van der Waals surface area (Å²) in [6.45, 7) is 8.38. The van der Waals surface area contributed by atoms with Crippen LogP contribution in [0.5, 0.6) is 5.75 Å². The Kier molecular flexibility index (Phi) is 8.61. The standard InChI is InChI=1S/C30H39FN4O3/c1-2-37-28-9-5-7-26(31)25(28)20-34-16-18-35(19-17-34)30(36)29(32)22-10-13-33(14-11-22)15-12-23-21-38-27-8-4-3-6-24(23)27/h3-9,21-22,29H,2,10-20,32H2,1H3/t29-/m1/s1. The van der Waals surface area contributed by atoms with E-state index in [9.17, 15) is 9.18 Å². The Balaban J connectivity index is 1.06. The molecule has 2 fully saturated rings. The zero-order valence-electron chi connectivity index (χ0n) is 22.3. The first-order valence-electron chi connectivity index (χ1n) is 13.9. The highest BCUT2D eigenvalue weighted by molar-refractivity contribution is 5.82.